The Labute approximate surface area is 94.3 Å². The van der Waals surface area contributed by atoms with Gasteiger partial charge < -0.3 is 9.47 Å². The minimum Gasteiger partial charge on any atom is -0.385 e. The van der Waals surface area contributed by atoms with E-state index >= 15 is 0 Å². The first kappa shape index (κ1) is 13.0. The average Bonchev–Trinajstić information content (AvgIpc) is 2.26. The molecule has 1 fully saturated rings. The Morgan fingerprint density at radius 2 is 1.60 bits per heavy atom. The van der Waals surface area contributed by atoms with E-state index in [4.69, 9.17) is 9.47 Å². The number of hydrogen-bond acceptors (Lipinski definition) is 2. The van der Waals surface area contributed by atoms with Crippen LogP contribution >= 0.6 is 0 Å². The molecule has 0 saturated heterocycles. The van der Waals surface area contributed by atoms with Gasteiger partial charge in [-0.2, -0.15) is 0 Å². The first-order valence-electron chi connectivity index (χ1n) is 6.28. The smallest absolute Gasteiger partial charge is 0.0490 e. The van der Waals surface area contributed by atoms with Crippen molar-refractivity contribution in [3.8, 4) is 0 Å². The van der Waals surface area contributed by atoms with E-state index in [1.165, 1.54) is 32.1 Å². The summed E-state index contributed by atoms with van der Waals surface area (Å²) >= 11 is 0. The Balaban J connectivity index is 2.36. The molecule has 0 heterocycles. The topological polar surface area (TPSA) is 18.5 Å². The van der Waals surface area contributed by atoms with Gasteiger partial charge in [0.05, 0.1) is 0 Å². The van der Waals surface area contributed by atoms with Crippen LogP contribution in [-0.4, -0.2) is 27.4 Å². The lowest BCUT2D eigenvalue weighted by Crippen LogP contribution is -2.26. The first-order chi connectivity index (χ1) is 7.30. The van der Waals surface area contributed by atoms with E-state index in [1.807, 2.05) is 7.11 Å². The van der Waals surface area contributed by atoms with Crippen LogP contribution in [0.1, 0.15) is 39.0 Å². The van der Waals surface area contributed by atoms with Gasteiger partial charge in [-0.3, -0.25) is 0 Å². The van der Waals surface area contributed by atoms with E-state index in [2.05, 4.69) is 6.92 Å². The first-order valence-corrected chi connectivity index (χ1v) is 6.28. The molecular weight excluding hydrogens is 188 g/mol. The Kier molecular flexibility index (Phi) is 6.26. The molecule has 0 N–H and O–H groups in total. The van der Waals surface area contributed by atoms with Crippen molar-refractivity contribution in [2.75, 3.05) is 27.4 Å². The van der Waals surface area contributed by atoms with E-state index < -0.39 is 0 Å². The van der Waals surface area contributed by atoms with Crippen molar-refractivity contribution in [3.63, 3.8) is 0 Å². The van der Waals surface area contributed by atoms with Crippen molar-refractivity contribution in [1.29, 1.82) is 0 Å². The molecule has 1 aliphatic rings. The van der Waals surface area contributed by atoms with Gasteiger partial charge in [0.1, 0.15) is 0 Å². The van der Waals surface area contributed by atoms with Crippen molar-refractivity contribution in [2.45, 2.75) is 39.0 Å². The lowest BCUT2D eigenvalue weighted by atomic mass is 9.73. The van der Waals surface area contributed by atoms with Gasteiger partial charge in [0, 0.05) is 27.4 Å². The summed E-state index contributed by atoms with van der Waals surface area (Å²) in [4.78, 5) is 0. The summed E-state index contributed by atoms with van der Waals surface area (Å²) in [6.45, 7) is 4.17. The summed E-state index contributed by atoms with van der Waals surface area (Å²) in [5.41, 5.74) is 0. The van der Waals surface area contributed by atoms with Gasteiger partial charge in [-0.25, -0.2) is 0 Å². The zero-order valence-corrected chi connectivity index (χ0v) is 10.5. The van der Waals surface area contributed by atoms with E-state index in [0.29, 0.717) is 0 Å². The zero-order valence-electron chi connectivity index (χ0n) is 10.5. The van der Waals surface area contributed by atoms with E-state index in [9.17, 15) is 0 Å². The second-order valence-corrected chi connectivity index (χ2v) is 4.95. The van der Waals surface area contributed by atoms with Crippen LogP contribution in [0.2, 0.25) is 0 Å². The van der Waals surface area contributed by atoms with Crippen molar-refractivity contribution < 1.29 is 9.47 Å². The fourth-order valence-corrected chi connectivity index (χ4v) is 2.93. The van der Waals surface area contributed by atoms with E-state index in [0.717, 1.165) is 31.0 Å². The molecule has 1 aliphatic carbocycles. The molecular formula is C13H26O2. The highest BCUT2D eigenvalue weighted by molar-refractivity contribution is 4.78. The van der Waals surface area contributed by atoms with Gasteiger partial charge in [-0.15, -0.1) is 0 Å². The molecule has 2 heteroatoms. The number of hydrogen-bond donors (Lipinski definition) is 0. The molecule has 0 aromatic heterocycles. The average molecular weight is 214 g/mol. The molecule has 1 rings (SSSR count). The summed E-state index contributed by atoms with van der Waals surface area (Å²) in [5.74, 6) is 2.57. The maximum atomic E-state index is 5.30. The highest BCUT2D eigenvalue weighted by atomic mass is 16.5. The van der Waals surface area contributed by atoms with Crippen LogP contribution in [-0.2, 0) is 9.47 Å². The van der Waals surface area contributed by atoms with Crippen LogP contribution in [0.15, 0.2) is 0 Å². The molecule has 1 saturated carbocycles. The lowest BCUT2D eigenvalue weighted by Gasteiger charge is -2.34. The summed E-state index contributed by atoms with van der Waals surface area (Å²) < 4.78 is 10.5. The van der Waals surface area contributed by atoms with Gasteiger partial charge in [0.2, 0.25) is 0 Å². The summed E-state index contributed by atoms with van der Waals surface area (Å²) in [6, 6.07) is 0. The van der Waals surface area contributed by atoms with Crippen molar-refractivity contribution in [1.82, 2.24) is 0 Å². The minimum absolute atomic E-state index is 0.788. The Morgan fingerprint density at radius 1 is 0.933 bits per heavy atom. The summed E-state index contributed by atoms with van der Waals surface area (Å²) in [6.07, 6.45) is 6.67. The minimum atomic E-state index is 0.788. The van der Waals surface area contributed by atoms with Gasteiger partial charge in [-0.05, 0) is 43.4 Å². The van der Waals surface area contributed by atoms with Crippen LogP contribution in [0.5, 0.6) is 0 Å². The summed E-state index contributed by atoms with van der Waals surface area (Å²) in [5, 5.41) is 0. The largest absolute Gasteiger partial charge is 0.385 e. The zero-order chi connectivity index (χ0) is 11.1. The normalized spacial score (nSPS) is 31.8. The monoisotopic (exact) mass is 214 g/mol. The molecule has 3 atom stereocenters. The van der Waals surface area contributed by atoms with Gasteiger partial charge in [-0.1, -0.05) is 13.3 Å². The molecule has 0 amide bonds. The Bertz CT molecular complexity index is 159. The van der Waals surface area contributed by atoms with E-state index in [-0.39, 0.29) is 0 Å². The second-order valence-electron chi connectivity index (χ2n) is 4.95. The Hall–Kier alpha value is -0.0800. The van der Waals surface area contributed by atoms with Crippen LogP contribution in [0.25, 0.3) is 0 Å². The van der Waals surface area contributed by atoms with Gasteiger partial charge in [0.25, 0.3) is 0 Å². The molecule has 3 unspecified atom stereocenters. The number of rotatable bonds is 6. The summed E-state index contributed by atoms with van der Waals surface area (Å²) in [7, 11) is 3.62. The third-order valence-corrected chi connectivity index (χ3v) is 3.71. The molecule has 2 nitrogen and oxygen atoms in total. The maximum Gasteiger partial charge on any atom is 0.0490 e. The van der Waals surface area contributed by atoms with Crippen LogP contribution in [0.3, 0.4) is 0 Å². The highest BCUT2D eigenvalue weighted by Crippen LogP contribution is 2.36. The highest BCUT2D eigenvalue weighted by Gasteiger charge is 2.27. The van der Waals surface area contributed by atoms with Crippen molar-refractivity contribution in [2.24, 2.45) is 17.8 Å². The number of ether oxygens (including phenoxy) is 2. The lowest BCUT2D eigenvalue weighted by molar-refractivity contribution is 0.0766. The van der Waals surface area contributed by atoms with Crippen LogP contribution in [0.4, 0.5) is 0 Å². The third kappa shape index (κ3) is 4.52. The molecule has 90 valence electrons. The Morgan fingerprint density at radius 3 is 2.20 bits per heavy atom. The second kappa shape index (κ2) is 7.24. The molecule has 0 aromatic carbocycles. The predicted molar refractivity (Wildman–Crippen MR) is 63.0 cm³/mol. The van der Waals surface area contributed by atoms with Gasteiger partial charge >= 0.3 is 0 Å². The molecule has 0 aromatic rings. The van der Waals surface area contributed by atoms with Crippen molar-refractivity contribution >= 4 is 0 Å². The third-order valence-electron chi connectivity index (χ3n) is 3.71. The SMILES string of the molecule is CCC1CC(CCOC)CC(COC)C1. The molecule has 0 bridgehead atoms. The fraction of sp³-hybridized carbons (Fsp3) is 1.00. The fourth-order valence-electron chi connectivity index (χ4n) is 2.93. The van der Waals surface area contributed by atoms with Crippen LogP contribution < -0.4 is 0 Å². The molecule has 0 radical (unpaired) electrons. The number of methoxy groups -OCH3 is 2. The molecule has 0 spiro atoms. The molecule has 15 heavy (non-hydrogen) atoms. The van der Waals surface area contributed by atoms with E-state index in [1.54, 1.807) is 7.11 Å². The molecule has 0 aliphatic heterocycles. The van der Waals surface area contributed by atoms with Crippen molar-refractivity contribution in [3.05, 3.63) is 0 Å². The predicted octanol–water partition coefficient (Wildman–Crippen LogP) is 3.11. The maximum absolute atomic E-state index is 5.30. The van der Waals surface area contributed by atoms with Crippen LogP contribution in [0, 0.1) is 17.8 Å². The quantitative estimate of drug-likeness (QED) is 0.676. The van der Waals surface area contributed by atoms with Gasteiger partial charge in [0.15, 0.2) is 0 Å². The standard InChI is InChI=1S/C13H26O2/c1-4-11-7-12(5-6-14-2)9-13(8-11)10-15-3/h11-13H,4-10H2,1-3H3.